The number of aromatic nitrogens is 2. The quantitative estimate of drug-likeness (QED) is 0.0943. The third kappa shape index (κ3) is 10.1. The fourth-order valence-corrected chi connectivity index (χ4v) is 13.5. The fourth-order valence-electron chi connectivity index (χ4n) is 11.3. The molecule has 0 aliphatic carbocycles. The van der Waals surface area contributed by atoms with E-state index in [0.717, 1.165) is 0 Å². The van der Waals surface area contributed by atoms with Gasteiger partial charge in [0.05, 0.1) is 45.8 Å². The predicted octanol–water partition coefficient (Wildman–Crippen LogP) is 20.2. The van der Waals surface area contributed by atoms with Crippen molar-refractivity contribution >= 4 is 45.2 Å². The molecule has 0 atom stereocenters. The Morgan fingerprint density at radius 1 is 0.384 bits per heavy atom. The summed E-state index contributed by atoms with van der Waals surface area (Å²) in [6.45, 7) is 23.1. The molecule has 442 valence electrons. The highest BCUT2D eigenvalue weighted by atomic mass is 32.1. The maximum Gasteiger partial charge on any atom is 0.200 e. The van der Waals surface area contributed by atoms with Crippen molar-refractivity contribution in [1.82, 2.24) is 9.97 Å². The topological polar surface area (TPSA) is 96.1 Å². The van der Waals surface area contributed by atoms with Gasteiger partial charge in [-0.05, 0) is 130 Å². The molecule has 2 N–H and O–H groups in total. The molecule has 6 nitrogen and oxygen atoms in total. The van der Waals surface area contributed by atoms with Crippen LogP contribution in [0.2, 0.25) is 0 Å². The van der Waals surface area contributed by atoms with Crippen LogP contribution in [0.3, 0.4) is 0 Å². The number of nitrogens with zero attached hydrogens (tertiary/aromatic N) is 2. The highest BCUT2D eigenvalue weighted by Gasteiger charge is 2.38. The van der Waals surface area contributed by atoms with Gasteiger partial charge < -0.3 is 9.97 Å². The zero-order valence-electron chi connectivity index (χ0n) is 48.7. The molecule has 18 heteroatoms. The Hall–Kier alpha value is -7.96. The normalized spacial score (nSPS) is 18.2. The van der Waals surface area contributed by atoms with Crippen LogP contribution in [0.4, 0.5) is 43.9 Å². The molecule has 0 saturated carbocycles. The molecule has 86 heavy (non-hydrogen) atoms. The van der Waals surface area contributed by atoms with Crippen LogP contribution in [0, 0.1) is 58.2 Å². The van der Waals surface area contributed by atoms with Gasteiger partial charge in [0.2, 0.25) is 11.6 Å². The van der Waals surface area contributed by atoms with E-state index in [4.69, 9.17) is 9.98 Å². The summed E-state index contributed by atoms with van der Waals surface area (Å²) < 4.78 is 158. The molecule has 0 fully saturated rings. The van der Waals surface area contributed by atoms with E-state index < -0.39 is 114 Å². The van der Waals surface area contributed by atoms with Gasteiger partial charge in [0.1, 0.15) is 0 Å². The van der Waals surface area contributed by atoms with Crippen molar-refractivity contribution in [3.8, 4) is 32.4 Å². The maximum atomic E-state index is 16.5. The zero-order chi connectivity index (χ0) is 62.3. The van der Waals surface area contributed by atoms with Crippen molar-refractivity contribution in [2.24, 2.45) is 9.98 Å². The molecule has 7 heterocycles. The van der Waals surface area contributed by atoms with Crippen molar-refractivity contribution < 1.29 is 54.1 Å². The summed E-state index contributed by atoms with van der Waals surface area (Å²) >= 11 is 2.51. The summed E-state index contributed by atoms with van der Waals surface area (Å²) in [5.41, 5.74) is -2.51. The first-order chi connectivity index (χ1) is 40.1. The summed E-state index contributed by atoms with van der Waals surface area (Å²) in [5, 5.41) is 28.0. The van der Waals surface area contributed by atoms with E-state index in [1.807, 2.05) is 113 Å². The molecule has 3 aliphatic heterocycles. The second-order valence-electron chi connectivity index (χ2n) is 25.9. The summed E-state index contributed by atoms with van der Waals surface area (Å²) in [7, 11) is 0. The lowest BCUT2D eigenvalue weighted by Gasteiger charge is -2.26. The molecule has 0 unspecified atom stereocenters. The van der Waals surface area contributed by atoms with Gasteiger partial charge in [-0.15, -0.1) is 22.7 Å². The summed E-state index contributed by atoms with van der Waals surface area (Å²) in [6, 6.07) is 20.2. The van der Waals surface area contributed by atoms with Gasteiger partial charge in [0.15, 0.2) is 58.0 Å². The van der Waals surface area contributed by atoms with Gasteiger partial charge in [-0.3, -0.25) is 20.2 Å². The third-order valence-corrected chi connectivity index (χ3v) is 18.1. The number of halogens is 10. The van der Waals surface area contributed by atoms with Gasteiger partial charge >= 0.3 is 0 Å². The van der Waals surface area contributed by atoms with E-state index in [1.165, 1.54) is 71.2 Å². The average Bonchev–Trinajstić information content (AvgIpc) is 1.53. The van der Waals surface area contributed by atoms with E-state index in [2.05, 4.69) is 9.97 Å². The van der Waals surface area contributed by atoms with Crippen molar-refractivity contribution in [3.05, 3.63) is 233 Å². The van der Waals surface area contributed by atoms with Crippen LogP contribution in [0.5, 0.6) is 11.5 Å². The molecule has 11 rings (SSSR count). The second-order valence-corrected chi connectivity index (χ2v) is 28.1. The maximum absolute atomic E-state index is 16.5. The SMILES string of the molecule is CC(C)(C)c1cc(-c2ccc(C3C4=N/C(=C(/c5c(F)c(F)c(F)c(F)c5F)c5ccc([nH]5)C(c5ccc(-c6cc(C(C)(C)C)c([O])c(C(C)(C)C)c6)s5)c5ccc([nH]5)/C(c5c(F)c(F)c(F)c(F)c5F)=C5/C=CC3=N5)C=C4)s2)cc(C(C)(C)C)c1[O]. The minimum Gasteiger partial charge on any atom is -0.357 e. The average molecular weight is 1220 g/mol. The first kappa shape index (κ1) is 59.8. The molecule has 8 bridgehead atoms. The molecule has 2 radical (unpaired) electrons. The number of thiophene rings is 2. The Morgan fingerprint density at radius 2 is 0.686 bits per heavy atom. The smallest absolute Gasteiger partial charge is 0.200 e. The van der Waals surface area contributed by atoms with E-state index in [0.29, 0.717) is 52.9 Å². The summed E-state index contributed by atoms with van der Waals surface area (Å²) in [6.07, 6.45) is 5.59. The molecule has 8 aromatic rings. The minimum atomic E-state index is -2.38. The molecule has 3 aliphatic rings. The number of H-pyrrole nitrogens is 2. The van der Waals surface area contributed by atoms with E-state index >= 15 is 35.1 Å². The molecule has 0 spiro atoms. The molecule has 4 aromatic carbocycles. The van der Waals surface area contributed by atoms with Crippen LogP contribution in [0.15, 0.2) is 118 Å². The van der Waals surface area contributed by atoms with Crippen LogP contribution in [0.1, 0.15) is 161 Å². The first-order valence-electron chi connectivity index (χ1n) is 27.5. The van der Waals surface area contributed by atoms with E-state index in [9.17, 15) is 19.0 Å². The largest absolute Gasteiger partial charge is 0.357 e. The monoisotopic (exact) mass is 1210 g/mol. The molecular weight excluding hydrogens is 1160 g/mol. The number of aliphatic imine (C=N–C) groups is 2. The molecular formula is C68H56F10N4O2S2. The van der Waals surface area contributed by atoms with Crippen molar-refractivity contribution in [1.29, 1.82) is 0 Å². The number of allylic oxidation sites excluding steroid dienone is 4. The standard InChI is InChI=1S/C68H56F10N4O2S2/c1-65(2,3)31-25-29(26-32(63(31)83)66(4,5)6)43-21-23-45(85-43)47-35-13-17-39(79-35)49(51-53(69)57(73)61(77)58(74)54(51)70)41-19-15-37(81-41)48(46-24-22-44(86-46)30-27-33(67(7,8)9)64(84)34(28-30)68(10,11)12)38-16-20-42(82-38)50(40-18-14-36(47)80-40)52-55(71)59(75)62(78)60(76)56(52)72/h13-28,47-48,79-80H,1-12H3/b49-41+,50-42+. The van der Waals surface area contributed by atoms with Crippen LogP contribution < -0.4 is 0 Å². The molecule has 0 amide bonds. The Bertz CT molecular complexity index is 4100. The molecule has 4 aromatic heterocycles. The minimum absolute atomic E-state index is 0.0946. The first-order valence-corrected chi connectivity index (χ1v) is 29.1. The van der Waals surface area contributed by atoms with Gasteiger partial charge in [0, 0.05) is 75.7 Å². The van der Waals surface area contributed by atoms with Crippen LogP contribution in [0.25, 0.3) is 32.0 Å². The number of rotatable bonds is 6. The lowest BCUT2D eigenvalue weighted by atomic mass is 9.78. The Morgan fingerprint density at radius 3 is 1.00 bits per heavy atom. The predicted molar refractivity (Wildman–Crippen MR) is 318 cm³/mol. The molecule has 0 saturated heterocycles. The van der Waals surface area contributed by atoms with E-state index in [-0.39, 0.29) is 57.1 Å². The van der Waals surface area contributed by atoms with Gasteiger partial charge in [-0.2, -0.15) is 0 Å². The summed E-state index contributed by atoms with van der Waals surface area (Å²) in [5.74, 6) is -24.5. The van der Waals surface area contributed by atoms with Crippen molar-refractivity contribution in [3.63, 3.8) is 0 Å². The lowest BCUT2D eigenvalue weighted by molar-refractivity contribution is 0.326. The van der Waals surface area contributed by atoms with Crippen molar-refractivity contribution in [2.75, 3.05) is 0 Å². The van der Waals surface area contributed by atoms with Crippen LogP contribution in [-0.2, 0) is 31.9 Å². The number of hydrogen-bond donors (Lipinski definition) is 2. The highest BCUT2D eigenvalue weighted by molar-refractivity contribution is 7.16. The number of hydrogen-bond acceptors (Lipinski definition) is 4. The van der Waals surface area contributed by atoms with Gasteiger partial charge in [0.25, 0.3) is 0 Å². The Balaban J connectivity index is 1.20. The lowest BCUT2D eigenvalue weighted by Crippen LogP contribution is -2.17. The highest BCUT2D eigenvalue weighted by Crippen LogP contribution is 2.50. The second kappa shape index (κ2) is 20.9. The number of nitrogens with one attached hydrogen (secondary N) is 2. The van der Waals surface area contributed by atoms with Crippen LogP contribution in [-0.4, -0.2) is 21.4 Å². The third-order valence-electron chi connectivity index (χ3n) is 15.7. The number of benzene rings is 4. The number of fused-ring (bicyclic) bond motifs is 6. The Kier molecular flexibility index (Phi) is 14.5. The van der Waals surface area contributed by atoms with Gasteiger partial charge in [-0.25, -0.2) is 43.9 Å². The Labute approximate surface area is 498 Å². The number of aromatic amines is 2. The zero-order valence-corrected chi connectivity index (χ0v) is 50.3. The fraction of sp³-hybridized carbons (Fsp3) is 0.265. The van der Waals surface area contributed by atoms with E-state index in [1.54, 1.807) is 18.2 Å². The van der Waals surface area contributed by atoms with Crippen molar-refractivity contribution in [2.45, 2.75) is 117 Å². The van der Waals surface area contributed by atoms with Gasteiger partial charge in [-0.1, -0.05) is 83.1 Å². The van der Waals surface area contributed by atoms with Crippen LogP contribution >= 0.6 is 22.7 Å². The summed E-state index contributed by atoms with van der Waals surface area (Å²) in [4.78, 5) is 18.5.